The van der Waals surface area contributed by atoms with Crippen molar-refractivity contribution < 1.29 is 8.78 Å². The summed E-state index contributed by atoms with van der Waals surface area (Å²) in [6, 6.07) is 2.94. The van der Waals surface area contributed by atoms with Gasteiger partial charge in [-0.3, -0.25) is 4.90 Å². The highest BCUT2D eigenvalue weighted by Gasteiger charge is 2.26. The first-order valence-corrected chi connectivity index (χ1v) is 8.77. The van der Waals surface area contributed by atoms with Crippen LogP contribution in [0.15, 0.2) is 12.1 Å². The second-order valence-corrected chi connectivity index (χ2v) is 7.51. The summed E-state index contributed by atoms with van der Waals surface area (Å²) >= 11 is 0. The van der Waals surface area contributed by atoms with Crippen molar-refractivity contribution in [2.45, 2.75) is 53.0 Å². The average molecular weight is 324 g/mol. The molecule has 1 heterocycles. The molecule has 0 saturated carbocycles. The van der Waals surface area contributed by atoms with Crippen molar-refractivity contribution >= 4 is 5.69 Å². The Hall–Kier alpha value is -1.16. The summed E-state index contributed by atoms with van der Waals surface area (Å²) < 4.78 is 28.7. The lowest BCUT2D eigenvalue weighted by Gasteiger charge is -2.41. The summed E-state index contributed by atoms with van der Waals surface area (Å²) in [5, 5.41) is 0. The fourth-order valence-electron chi connectivity index (χ4n) is 3.25. The molecule has 130 valence electrons. The van der Waals surface area contributed by atoms with Crippen LogP contribution in [0.1, 0.15) is 52.5 Å². The van der Waals surface area contributed by atoms with E-state index in [1.165, 1.54) is 18.6 Å². The van der Waals surface area contributed by atoms with Crippen molar-refractivity contribution in [3.63, 3.8) is 0 Å². The normalized spacial score (nSPS) is 19.9. The van der Waals surface area contributed by atoms with E-state index in [-0.39, 0.29) is 23.6 Å². The van der Waals surface area contributed by atoms with Gasteiger partial charge in [0.05, 0.1) is 5.69 Å². The molecule has 2 nitrogen and oxygen atoms in total. The van der Waals surface area contributed by atoms with Crippen LogP contribution in [0.4, 0.5) is 14.5 Å². The molecule has 1 fully saturated rings. The minimum absolute atomic E-state index is 0.0103. The topological polar surface area (TPSA) is 6.48 Å². The highest BCUT2D eigenvalue weighted by Crippen LogP contribution is 2.29. The lowest BCUT2D eigenvalue weighted by Crippen LogP contribution is -2.52. The van der Waals surface area contributed by atoms with Gasteiger partial charge in [-0.05, 0) is 43.4 Å². The molecule has 2 rings (SSSR count). The van der Waals surface area contributed by atoms with Gasteiger partial charge in [0.2, 0.25) is 0 Å². The van der Waals surface area contributed by atoms with Crippen LogP contribution in [-0.4, -0.2) is 37.1 Å². The lowest BCUT2D eigenvalue weighted by molar-refractivity contribution is 0.216. The molecule has 1 atom stereocenters. The number of rotatable bonds is 5. The molecule has 0 radical (unpaired) electrons. The summed E-state index contributed by atoms with van der Waals surface area (Å²) in [4.78, 5) is 4.44. The Kier molecular flexibility index (Phi) is 6.01. The standard InChI is InChI=1S/C19H30F2N2/c1-13(2)6-7-22-8-9-23(15(5)12-22)19-11-17(20)16(14(3)4)10-18(19)21/h10-11,13-15H,6-9,12H2,1-5H3. The Morgan fingerprint density at radius 3 is 2.35 bits per heavy atom. The zero-order chi connectivity index (χ0) is 17.1. The largest absolute Gasteiger partial charge is 0.364 e. The van der Waals surface area contributed by atoms with Crippen molar-refractivity contribution in [2.24, 2.45) is 5.92 Å². The van der Waals surface area contributed by atoms with Crippen molar-refractivity contribution in [3.8, 4) is 0 Å². The Balaban J connectivity index is 2.10. The number of nitrogens with zero attached hydrogens (tertiary/aromatic N) is 2. The molecular weight excluding hydrogens is 294 g/mol. The zero-order valence-corrected chi connectivity index (χ0v) is 15.1. The Bertz CT molecular complexity index is 528. The van der Waals surface area contributed by atoms with E-state index < -0.39 is 0 Å². The van der Waals surface area contributed by atoms with Crippen LogP contribution in [0.3, 0.4) is 0 Å². The van der Waals surface area contributed by atoms with Crippen LogP contribution in [-0.2, 0) is 0 Å². The first-order chi connectivity index (χ1) is 10.8. The molecule has 1 aromatic rings. The number of hydrogen-bond acceptors (Lipinski definition) is 2. The first kappa shape index (κ1) is 18.2. The van der Waals surface area contributed by atoms with Crippen molar-refractivity contribution in [3.05, 3.63) is 29.3 Å². The van der Waals surface area contributed by atoms with Crippen molar-refractivity contribution in [2.75, 3.05) is 31.1 Å². The van der Waals surface area contributed by atoms with E-state index in [0.717, 1.165) is 26.2 Å². The number of halogens is 2. The summed E-state index contributed by atoms with van der Waals surface area (Å²) in [7, 11) is 0. The highest BCUT2D eigenvalue weighted by molar-refractivity contribution is 5.51. The number of hydrogen-bond donors (Lipinski definition) is 0. The van der Waals surface area contributed by atoms with Crippen LogP contribution >= 0.6 is 0 Å². The Labute approximate surface area is 139 Å². The van der Waals surface area contributed by atoms with Gasteiger partial charge in [0.15, 0.2) is 0 Å². The smallest absolute Gasteiger partial charge is 0.146 e. The van der Waals surface area contributed by atoms with Gasteiger partial charge in [0, 0.05) is 31.7 Å². The van der Waals surface area contributed by atoms with E-state index in [2.05, 4.69) is 25.7 Å². The van der Waals surface area contributed by atoms with Gasteiger partial charge in [-0.15, -0.1) is 0 Å². The predicted octanol–water partition coefficient (Wildman–Crippen LogP) is 4.64. The molecule has 0 N–H and O–H groups in total. The summed E-state index contributed by atoms with van der Waals surface area (Å²) in [6.45, 7) is 14.0. The Morgan fingerprint density at radius 2 is 1.78 bits per heavy atom. The highest BCUT2D eigenvalue weighted by atomic mass is 19.1. The predicted molar refractivity (Wildman–Crippen MR) is 93.2 cm³/mol. The fourth-order valence-corrected chi connectivity index (χ4v) is 3.25. The molecule has 0 aliphatic carbocycles. The van der Waals surface area contributed by atoms with Gasteiger partial charge in [-0.25, -0.2) is 8.78 Å². The van der Waals surface area contributed by atoms with E-state index in [0.29, 0.717) is 17.2 Å². The monoisotopic (exact) mass is 324 g/mol. The minimum atomic E-state index is -0.308. The maximum absolute atomic E-state index is 14.5. The number of anilines is 1. The zero-order valence-electron chi connectivity index (χ0n) is 15.1. The van der Waals surface area contributed by atoms with Crippen LogP contribution in [0.25, 0.3) is 0 Å². The number of benzene rings is 1. The third-order valence-electron chi connectivity index (χ3n) is 4.73. The Morgan fingerprint density at radius 1 is 1.09 bits per heavy atom. The molecule has 0 amide bonds. The molecule has 23 heavy (non-hydrogen) atoms. The summed E-state index contributed by atoms with van der Waals surface area (Å²) in [5.74, 6) is 0.0747. The molecule has 1 unspecified atom stereocenters. The summed E-state index contributed by atoms with van der Waals surface area (Å²) in [5.41, 5.74) is 0.859. The third kappa shape index (κ3) is 4.43. The van der Waals surface area contributed by atoms with Gasteiger partial charge >= 0.3 is 0 Å². The second-order valence-electron chi connectivity index (χ2n) is 7.51. The minimum Gasteiger partial charge on any atom is -0.364 e. The van der Waals surface area contributed by atoms with Gasteiger partial charge in [0.25, 0.3) is 0 Å². The average Bonchev–Trinajstić information content (AvgIpc) is 2.47. The molecule has 1 aliphatic heterocycles. The van der Waals surface area contributed by atoms with Crippen LogP contribution in [0, 0.1) is 17.6 Å². The van der Waals surface area contributed by atoms with E-state index in [1.807, 2.05) is 18.7 Å². The van der Waals surface area contributed by atoms with Crippen molar-refractivity contribution in [1.29, 1.82) is 0 Å². The molecule has 1 saturated heterocycles. The van der Waals surface area contributed by atoms with Crippen LogP contribution in [0.5, 0.6) is 0 Å². The second kappa shape index (κ2) is 7.61. The maximum atomic E-state index is 14.5. The SMILES string of the molecule is CC(C)CCN1CCN(c2cc(F)c(C(C)C)cc2F)C(C)C1. The van der Waals surface area contributed by atoms with Gasteiger partial charge < -0.3 is 4.90 Å². The van der Waals surface area contributed by atoms with E-state index in [9.17, 15) is 8.78 Å². The first-order valence-electron chi connectivity index (χ1n) is 8.77. The molecular formula is C19H30F2N2. The molecule has 1 aliphatic rings. The van der Waals surface area contributed by atoms with E-state index >= 15 is 0 Å². The summed E-state index contributed by atoms with van der Waals surface area (Å²) in [6.07, 6.45) is 1.18. The molecule has 0 spiro atoms. The van der Waals surface area contributed by atoms with Gasteiger partial charge in [0.1, 0.15) is 11.6 Å². The van der Waals surface area contributed by atoms with Crippen LogP contribution < -0.4 is 4.90 Å². The maximum Gasteiger partial charge on any atom is 0.146 e. The number of piperazine rings is 1. The molecule has 4 heteroatoms. The molecule has 1 aromatic carbocycles. The fraction of sp³-hybridized carbons (Fsp3) is 0.684. The van der Waals surface area contributed by atoms with Gasteiger partial charge in [-0.1, -0.05) is 27.7 Å². The quantitative estimate of drug-likeness (QED) is 0.778. The third-order valence-corrected chi connectivity index (χ3v) is 4.73. The van der Waals surface area contributed by atoms with Crippen LogP contribution in [0.2, 0.25) is 0 Å². The van der Waals surface area contributed by atoms with E-state index in [1.54, 1.807) is 0 Å². The molecule has 0 bridgehead atoms. The van der Waals surface area contributed by atoms with Gasteiger partial charge in [-0.2, -0.15) is 0 Å². The molecule has 0 aromatic heterocycles. The van der Waals surface area contributed by atoms with E-state index in [4.69, 9.17) is 0 Å². The lowest BCUT2D eigenvalue weighted by atomic mass is 10.0. The van der Waals surface area contributed by atoms with Crippen molar-refractivity contribution in [1.82, 2.24) is 4.90 Å².